The Kier molecular flexibility index (Phi) is 7.84. The summed E-state index contributed by atoms with van der Waals surface area (Å²) in [6, 6.07) is 16.5. The van der Waals surface area contributed by atoms with Crippen molar-refractivity contribution in [3.63, 3.8) is 0 Å². The van der Waals surface area contributed by atoms with E-state index in [-0.39, 0.29) is 27.7 Å². The van der Waals surface area contributed by atoms with Crippen molar-refractivity contribution in [2.24, 2.45) is 0 Å². The van der Waals surface area contributed by atoms with Crippen molar-refractivity contribution < 1.29 is 22.3 Å². The van der Waals surface area contributed by atoms with E-state index in [4.69, 9.17) is 16.3 Å². The normalized spacial score (nSPS) is 11.2. The smallest absolute Gasteiger partial charge is 0.263 e. The Morgan fingerprint density at radius 1 is 1.00 bits per heavy atom. The molecule has 2 N–H and O–H groups in total. The Balaban J connectivity index is 1.70. The first-order chi connectivity index (χ1) is 15.3. The number of nitrogens with one attached hydrogen (secondary N) is 2. The fourth-order valence-electron chi connectivity index (χ4n) is 2.84. The van der Waals surface area contributed by atoms with Gasteiger partial charge < -0.3 is 10.1 Å². The summed E-state index contributed by atoms with van der Waals surface area (Å²) in [5.74, 6) is -0.938. The van der Waals surface area contributed by atoms with Crippen LogP contribution in [0.2, 0.25) is 5.02 Å². The minimum Gasteiger partial charge on any atom is -0.377 e. The second-order valence-corrected chi connectivity index (χ2v) is 8.95. The van der Waals surface area contributed by atoms with Crippen LogP contribution in [0.1, 0.15) is 28.4 Å². The lowest BCUT2D eigenvalue weighted by Gasteiger charge is -2.12. The summed E-state index contributed by atoms with van der Waals surface area (Å²) in [6.45, 7) is 3.36. The molecule has 0 heterocycles. The summed E-state index contributed by atoms with van der Waals surface area (Å²) in [7, 11) is -4.09. The van der Waals surface area contributed by atoms with Gasteiger partial charge in [-0.05, 0) is 60.5 Å². The molecule has 6 nitrogen and oxygen atoms in total. The lowest BCUT2D eigenvalue weighted by atomic mass is 10.1. The minimum absolute atomic E-state index is 0.0407. The monoisotopic (exact) mass is 476 g/mol. The molecule has 0 spiro atoms. The molecule has 0 aromatic heterocycles. The molecular formula is C23H22ClFN2O4S. The molecule has 0 atom stereocenters. The average molecular weight is 477 g/mol. The van der Waals surface area contributed by atoms with Gasteiger partial charge in [-0.1, -0.05) is 35.9 Å². The molecule has 3 aromatic carbocycles. The fourth-order valence-corrected chi connectivity index (χ4v) is 4.42. The lowest BCUT2D eigenvalue weighted by molar-refractivity contribution is 0.0950. The van der Waals surface area contributed by atoms with Crippen LogP contribution in [-0.2, 0) is 27.9 Å². The van der Waals surface area contributed by atoms with Crippen molar-refractivity contribution in [3.8, 4) is 0 Å². The molecule has 32 heavy (non-hydrogen) atoms. The maximum absolute atomic E-state index is 13.1. The van der Waals surface area contributed by atoms with Gasteiger partial charge in [0.25, 0.3) is 15.9 Å². The first kappa shape index (κ1) is 23.7. The number of carbonyl (C=O) groups is 1. The fraction of sp³-hybridized carbons (Fsp3) is 0.174. The highest BCUT2D eigenvalue weighted by atomic mass is 35.5. The third-order valence-electron chi connectivity index (χ3n) is 4.53. The molecule has 0 aliphatic carbocycles. The molecule has 0 unspecified atom stereocenters. The third kappa shape index (κ3) is 6.29. The summed E-state index contributed by atoms with van der Waals surface area (Å²) in [4.78, 5) is 12.3. The van der Waals surface area contributed by atoms with E-state index in [0.717, 1.165) is 23.3 Å². The van der Waals surface area contributed by atoms with Crippen LogP contribution in [0.25, 0.3) is 0 Å². The van der Waals surface area contributed by atoms with E-state index in [0.29, 0.717) is 13.2 Å². The summed E-state index contributed by atoms with van der Waals surface area (Å²) in [5, 5.41) is 2.72. The molecule has 0 saturated carbocycles. The summed E-state index contributed by atoms with van der Waals surface area (Å²) >= 11 is 6.08. The van der Waals surface area contributed by atoms with E-state index < -0.39 is 21.7 Å². The van der Waals surface area contributed by atoms with Gasteiger partial charge in [0.15, 0.2) is 0 Å². The molecule has 0 saturated heterocycles. The van der Waals surface area contributed by atoms with Gasteiger partial charge in [0.05, 0.1) is 11.6 Å². The molecule has 0 aliphatic rings. The predicted molar refractivity (Wildman–Crippen MR) is 122 cm³/mol. The van der Waals surface area contributed by atoms with Crippen LogP contribution in [-0.4, -0.2) is 20.9 Å². The molecular weight excluding hydrogens is 455 g/mol. The van der Waals surface area contributed by atoms with E-state index in [1.165, 1.54) is 30.3 Å². The minimum atomic E-state index is -4.09. The Labute approximate surface area is 191 Å². The van der Waals surface area contributed by atoms with E-state index in [1.807, 2.05) is 31.2 Å². The van der Waals surface area contributed by atoms with Crippen molar-refractivity contribution in [1.29, 1.82) is 0 Å². The molecule has 9 heteroatoms. The number of carbonyl (C=O) groups excluding carboxylic acids is 1. The molecule has 0 fully saturated rings. The number of sulfonamides is 1. The number of rotatable bonds is 9. The number of benzene rings is 3. The van der Waals surface area contributed by atoms with E-state index >= 15 is 0 Å². The largest absolute Gasteiger partial charge is 0.377 e. The van der Waals surface area contributed by atoms with Crippen LogP contribution in [0.3, 0.4) is 0 Å². The van der Waals surface area contributed by atoms with E-state index in [2.05, 4.69) is 10.0 Å². The molecule has 0 bridgehead atoms. The second-order valence-electron chi connectivity index (χ2n) is 6.89. The Hall–Kier alpha value is -2.94. The highest BCUT2D eigenvalue weighted by Gasteiger charge is 2.20. The zero-order chi connectivity index (χ0) is 23.1. The number of anilines is 1. The van der Waals surface area contributed by atoms with Gasteiger partial charge in [-0.3, -0.25) is 9.52 Å². The first-order valence-corrected chi connectivity index (χ1v) is 11.7. The van der Waals surface area contributed by atoms with Gasteiger partial charge in [0.1, 0.15) is 10.7 Å². The van der Waals surface area contributed by atoms with Gasteiger partial charge in [-0.2, -0.15) is 0 Å². The quantitative estimate of drug-likeness (QED) is 0.467. The van der Waals surface area contributed by atoms with Gasteiger partial charge in [0.2, 0.25) is 0 Å². The molecule has 0 aliphatic heterocycles. The number of hydrogen-bond acceptors (Lipinski definition) is 4. The maximum Gasteiger partial charge on any atom is 0.263 e. The molecule has 3 aromatic rings. The van der Waals surface area contributed by atoms with Gasteiger partial charge in [-0.25, -0.2) is 12.8 Å². The Morgan fingerprint density at radius 2 is 1.66 bits per heavy atom. The number of ether oxygens (including phenoxy) is 1. The van der Waals surface area contributed by atoms with Crippen LogP contribution >= 0.6 is 11.6 Å². The zero-order valence-electron chi connectivity index (χ0n) is 17.3. The van der Waals surface area contributed by atoms with Crippen molar-refractivity contribution in [2.75, 3.05) is 11.3 Å². The average Bonchev–Trinajstić information content (AvgIpc) is 2.78. The number of halogens is 2. The van der Waals surface area contributed by atoms with Crippen LogP contribution in [0.4, 0.5) is 10.1 Å². The maximum atomic E-state index is 13.1. The summed E-state index contributed by atoms with van der Waals surface area (Å²) in [5.41, 5.74) is 2.23. The zero-order valence-corrected chi connectivity index (χ0v) is 18.8. The van der Waals surface area contributed by atoms with Crippen molar-refractivity contribution in [1.82, 2.24) is 5.32 Å². The molecule has 1 amide bonds. The number of amides is 1. The SMILES string of the molecule is CCOCc1ccc(CNC(=O)c2ccc(Cl)c(S(=O)(=O)Nc3ccc(F)cc3)c2)cc1. The van der Waals surface area contributed by atoms with Crippen LogP contribution < -0.4 is 10.0 Å². The van der Waals surface area contributed by atoms with Crippen LogP contribution in [0, 0.1) is 5.82 Å². The van der Waals surface area contributed by atoms with Crippen molar-refractivity contribution >= 4 is 33.2 Å². The third-order valence-corrected chi connectivity index (χ3v) is 6.39. The molecule has 168 valence electrons. The molecule has 3 rings (SSSR count). The Bertz CT molecular complexity index is 1180. The lowest BCUT2D eigenvalue weighted by Crippen LogP contribution is -2.23. The van der Waals surface area contributed by atoms with Crippen molar-refractivity contribution in [2.45, 2.75) is 25.0 Å². The first-order valence-electron chi connectivity index (χ1n) is 9.80. The van der Waals surface area contributed by atoms with E-state index in [1.54, 1.807) is 0 Å². The topological polar surface area (TPSA) is 84.5 Å². The van der Waals surface area contributed by atoms with E-state index in [9.17, 15) is 17.6 Å². The van der Waals surface area contributed by atoms with Crippen molar-refractivity contribution in [3.05, 3.63) is 94.3 Å². The summed E-state index contributed by atoms with van der Waals surface area (Å²) < 4.78 is 46.2. The molecule has 0 radical (unpaired) electrons. The van der Waals surface area contributed by atoms with Gasteiger partial charge in [-0.15, -0.1) is 0 Å². The van der Waals surface area contributed by atoms with Crippen LogP contribution in [0.15, 0.2) is 71.6 Å². The highest BCUT2D eigenvalue weighted by Crippen LogP contribution is 2.25. The van der Waals surface area contributed by atoms with Gasteiger partial charge >= 0.3 is 0 Å². The summed E-state index contributed by atoms with van der Waals surface area (Å²) in [6.07, 6.45) is 0. The second kappa shape index (κ2) is 10.6. The van der Waals surface area contributed by atoms with Gasteiger partial charge in [0, 0.05) is 24.4 Å². The number of hydrogen-bond donors (Lipinski definition) is 2. The standard InChI is InChI=1S/C23H22ClFN2O4S/c1-2-31-15-17-5-3-16(4-6-17)14-26-23(28)18-7-12-21(24)22(13-18)32(29,30)27-20-10-8-19(25)9-11-20/h3-13,27H,2,14-15H2,1H3,(H,26,28). The van der Waals surface area contributed by atoms with Crippen LogP contribution in [0.5, 0.6) is 0 Å². The predicted octanol–water partition coefficient (Wildman–Crippen LogP) is 4.75. The highest BCUT2D eigenvalue weighted by molar-refractivity contribution is 7.92. The Morgan fingerprint density at radius 3 is 2.31 bits per heavy atom.